The molecule has 0 N–H and O–H groups in total. The first-order chi connectivity index (χ1) is 9.30. The van der Waals surface area contributed by atoms with Gasteiger partial charge in [0.2, 0.25) is 0 Å². The van der Waals surface area contributed by atoms with Gasteiger partial charge in [0.1, 0.15) is 5.75 Å². The fourth-order valence-corrected chi connectivity index (χ4v) is 1.87. The van der Waals surface area contributed by atoms with Gasteiger partial charge in [-0.1, -0.05) is 39.2 Å². The highest BCUT2D eigenvalue weighted by Crippen LogP contribution is 2.18. The highest BCUT2D eigenvalue weighted by atomic mass is 16.5. The molecule has 2 nitrogen and oxygen atoms in total. The Bertz CT molecular complexity index is 371. The lowest BCUT2D eigenvalue weighted by atomic mass is 10.0. The van der Waals surface area contributed by atoms with Crippen LogP contribution in [0.25, 0.3) is 6.08 Å². The molecule has 0 heterocycles. The summed E-state index contributed by atoms with van der Waals surface area (Å²) in [5.41, 5.74) is 1.01. The summed E-state index contributed by atoms with van der Waals surface area (Å²) in [7, 11) is 1.59. The monoisotopic (exact) mass is 260 g/mol. The van der Waals surface area contributed by atoms with Crippen LogP contribution in [0.2, 0.25) is 0 Å². The van der Waals surface area contributed by atoms with Crippen molar-refractivity contribution in [3.05, 3.63) is 36.1 Å². The van der Waals surface area contributed by atoms with Crippen LogP contribution in [-0.2, 0) is 4.74 Å². The minimum atomic E-state index is 0.637. The number of ether oxygens (including phenoxy) is 2. The fraction of sp³-hybridized carbons (Fsp3) is 0.529. The van der Waals surface area contributed by atoms with Gasteiger partial charge in [0.15, 0.2) is 6.26 Å². The van der Waals surface area contributed by atoms with Crippen molar-refractivity contribution in [1.82, 2.24) is 0 Å². The first-order valence-electron chi connectivity index (χ1n) is 7.06. The predicted octanol–water partition coefficient (Wildman–Crippen LogP) is 4.50. The van der Waals surface area contributed by atoms with Gasteiger partial charge >= 0.3 is 0 Å². The third-order valence-electron chi connectivity index (χ3n) is 3.16. The van der Waals surface area contributed by atoms with Gasteiger partial charge in [-0.05, 0) is 36.1 Å². The summed E-state index contributed by atoms with van der Waals surface area (Å²) in [6, 6.07) is 8.89. The van der Waals surface area contributed by atoms with Gasteiger partial charge in [-0.3, -0.25) is 0 Å². The molecule has 0 saturated heterocycles. The summed E-state index contributed by atoms with van der Waals surface area (Å²) >= 11 is 0. The average Bonchev–Trinajstić information content (AvgIpc) is 2.46. The number of benzene rings is 1. The van der Waals surface area contributed by atoms with Gasteiger partial charge < -0.3 is 9.47 Å². The van der Waals surface area contributed by atoms with Gasteiger partial charge in [-0.15, -0.1) is 0 Å². The van der Waals surface area contributed by atoms with Crippen LogP contribution in [0.3, 0.4) is 0 Å². The SMILES string of the molecule is CCCCC(CC)COc1[c]ccc(C=[C]OC)c1. The summed E-state index contributed by atoms with van der Waals surface area (Å²) < 4.78 is 10.6. The van der Waals surface area contributed by atoms with Crippen molar-refractivity contribution in [2.75, 3.05) is 13.7 Å². The van der Waals surface area contributed by atoms with Crippen molar-refractivity contribution in [2.24, 2.45) is 5.92 Å². The first kappa shape index (κ1) is 15.6. The molecule has 0 amide bonds. The molecule has 0 aliphatic carbocycles. The predicted molar refractivity (Wildman–Crippen MR) is 78.8 cm³/mol. The smallest absolute Gasteiger partial charge is 0.161 e. The molecule has 2 heteroatoms. The van der Waals surface area contributed by atoms with E-state index in [4.69, 9.17) is 9.47 Å². The Morgan fingerprint density at radius 2 is 2.26 bits per heavy atom. The molecular weight excluding hydrogens is 236 g/mol. The molecule has 1 rings (SSSR count). The maximum Gasteiger partial charge on any atom is 0.161 e. The second kappa shape index (κ2) is 9.48. The van der Waals surface area contributed by atoms with E-state index in [2.05, 4.69) is 26.2 Å². The quantitative estimate of drug-likeness (QED) is 0.608. The Morgan fingerprint density at radius 3 is 2.95 bits per heavy atom. The molecule has 2 radical (unpaired) electrons. The van der Waals surface area contributed by atoms with E-state index < -0.39 is 0 Å². The van der Waals surface area contributed by atoms with Crippen LogP contribution in [0, 0.1) is 18.2 Å². The minimum Gasteiger partial charge on any atom is -0.493 e. The first-order valence-corrected chi connectivity index (χ1v) is 7.06. The van der Waals surface area contributed by atoms with Crippen LogP contribution in [-0.4, -0.2) is 13.7 Å². The second-order valence-corrected chi connectivity index (χ2v) is 4.68. The second-order valence-electron chi connectivity index (χ2n) is 4.68. The van der Waals surface area contributed by atoms with Crippen LogP contribution >= 0.6 is 0 Å². The highest BCUT2D eigenvalue weighted by Gasteiger charge is 2.07. The Kier molecular flexibility index (Phi) is 7.80. The van der Waals surface area contributed by atoms with Crippen LogP contribution < -0.4 is 4.74 Å². The zero-order chi connectivity index (χ0) is 13.9. The molecule has 0 spiro atoms. The molecule has 0 fully saturated rings. The van der Waals surface area contributed by atoms with Crippen LogP contribution in [0.1, 0.15) is 45.1 Å². The number of hydrogen-bond donors (Lipinski definition) is 0. The molecule has 19 heavy (non-hydrogen) atoms. The topological polar surface area (TPSA) is 18.5 Å². The van der Waals surface area contributed by atoms with Crippen molar-refractivity contribution < 1.29 is 9.47 Å². The van der Waals surface area contributed by atoms with Gasteiger partial charge in [-0.25, -0.2) is 0 Å². The maximum atomic E-state index is 5.83. The normalized spacial score (nSPS) is 12.6. The summed E-state index contributed by atoms with van der Waals surface area (Å²) in [4.78, 5) is 0. The Hall–Kier alpha value is -1.44. The molecule has 0 aromatic heterocycles. The molecule has 1 atom stereocenters. The van der Waals surface area contributed by atoms with Crippen molar-refractivity contribution in [1.29, 1.82) is 0 Å². The van der Waals surface area contributed by atoms with Gasteiger partial charge in [0.05, 0.1) is 13.7 Å². The Labute approximate surface area is 117 Å². The summed E-state index contributed by atoms with van der Waals surface area (Å²) in [6.45, 7) is 5.22. The lowest BCUT2D eigenvalue weighted by Gasteiger charge is -2.15. The number of hydrogen-bond acceptors (Lipinski definition) is 2. The number of rotatable bonds is 9. The molecule has 104 valence electrons. The van der Waals surface area contributed by atoms with Crippen molar-refractivity contribution >= 4 is 6.08 Å². The molecule has 0 aliphatic heterocycles. The molecule has 0 saturated carbocycles. The van der Waals surface area contributed by atoms with Crippen molar-refractivity contribution in [2.45, 2.75) is 39.5 Å². The zero-order valence-corrected chi connectivity index (χ0v) is 12.2. The van der Waals surface area contributed by atoms with E-state index in [0.717, 1.165) is 24.3 Å². The Morgan fingerprint density at radius 1 is 1.42 bits per heavy atom. The van der Waals surface area contributed by atoms with Crippen LogP contribution in [0.5, 0.6) is 5.75 Å². The van der Waals surface area contributed by atoms with Gasteiger partial charge in [-0.2, -0.15) is 0 Å². The average molecular weight is 260 g/mol. The third kappa shape index (κ3) is 6.32. The molecular formula is C17H24O2. The molecule has 1 aromatic rings. The van der Waals surface area contributed by atoms with E-state index in [1.165, 1.54) is 19.3 Å². The Balaban J connectivity index is 2.49. The van der Waals surface area contributed by atoms with E-state index in [1.54, 1.807) is 13.2 Å². The standard InChI is InChI=1S/C17H24O2/c1-4-6-8-15(5-2)14-19-17-10-7-9-16(13-17)11-12-18-3/h7,9,11,13,15H,4-6,8,14H2,1-3H3. The van der Waals surface area contributed by atoms with Crippen LogP contribution in [0.4, 0.5) is 0 Å². The third-order valence-corrected chi connectivity index (χ3v) is 3.16. The van der Waals surface area contributed by atoms with E-state index in [0.29, 0.717) is 5.92 Å². The summed E-state index contributed by atoms with van der Waals surface area (Å²) in [5.74, 6) is 1.43. The molecule has 1 unspecified atom stereocenters. The number of unbranched alkanes of at least 4 members (excludes halogenated alkanes) is 1. The lowest BCUT2D eigenvalue weighted by Crippen LogP contribution is -2.11. The summed E-state index contributed by atoms with van der Waals surface area (Å²) in [6.07, 6.45) is 9.41. The van der Waals surface area contributed by atoms with E-state index >= 15 is 0 Å². The van der Waals surface area contributed by atoms with Gasteiger partial charge in [0.25, 0.3) is 0 Å². The zero-order valence-electron chi connectivity index (χ0n) is 12.2. The maximum absolute atomic E-state index is 5.83. The molecule has 0 bridgehead atoms. The van der Waals surface area contributed by atoms with Crippen LogP contribution in [0.15, 0.2) is 18.2 Å². The molecule has 0 aliphatic rings. The van der Waals surface area contributed by atoms with E-state index in [9.17, 15) is 0 Å². The lowest BCUT2D eigenvalue weighted by molar-refractivity contribution is 0.233. The van der Waals surface area contributed by atoms with Gasteiger partial charge in [0, 0.05) is 6.07 Å². The largest absolute Gasteiger partial charge is 0.493 e. The minimum absolute atomic E-state index is 0.637. The highest BCUT2D eigenvalue weighted by molar-refractivity contribution is 5.49. The van der Waals surface area contributed by atoms with E-state index in [1.807, 2.05) is 18.2 Å². The van der Waals surface area contributed by atoms with Crippen molar-refractivity contribution in [3.8, 4) is 5.75 Å². The fourth-order valence-electron chi connectivity index (χ4n) is 1.87. The molecule has 1 aromatic carbocycles. The van der Waals surface area contributed by atoms with Crippen molar-refractivity contribution in [3.63, 3.8) is 0 Å². The van der Waals surface area contributed by atoms with E-state index in [-0.39, 0.29) is 0 Å². The summed E-state index contributed by atoms with van der Waals surface area (Å²) in [5, 5.41) is 0. The number of methoxy groups -OCH3 is 1.